The van der Waals surface area contributed by atoms with Crippen LogP contribution in [0.2, 0.25) is 0 Å². The lowest BCUT2D eigenvalue weighted by molar-refractivity contribution is -0.134. The van der Waals surface area contributed by atoms with E-state index in [-0.39, 0.29) is 30.4 Å². The van der Waals surface area contributed by atoms with Crippen LogP contribution in [0.3, 0.4) is 0 Å². The van der Waals surface area contributed by atoms with Gasteiger partial charge in [-0.25, -0.2) is 4.79 Å². The smallest absolute Gasteiger partial charge is 0.410 e. The Morgan fingerprint density at radius 3 is 1.22 bits per heavy atom. The summed E-state index contributed by atoms with van der Waals surface area (Å²) in [4.78, 5) is 47.0. The molecule has 6 rings (SSSR count). The van der Waals surface area contributed by atoms with Gasteiger partial charge < -0.3 is 24.8 Å². The lowest BCUT2D eigenvalue weighted by Crippen LogP contribution is -2.52. The van der Waals surface area contributed by atoms with Gasteiger partial charge in [-0.05, 0) is 50.1 Å². The van der Waals surface area contributed by atoms with E-state index in [1.165, 1.54) is 27.2 Å². The Bertz CT molecular complexity index is 1680. The summed E-state index contributed by atoms with van der Waals surface area (Å²) >= 11 is 0. The second-order valence-corrected chi connectivity index (χ2v) is 15.1. The van der Waals surface area contributed by atoms with Gasteiger partial charge in [0.15, 0.2) is 0 Å². The summed E-state index contributed by atoms with van der Waals surface area (Å²) in [5, 5.41) is 2.95. The maximum Gasteiger partial charge on any atom is 0.410 e. The Hall–Kier alpha value is -5.03. The van der Waals surface area contributed by atoms with E-state index >= 15 is 0 Å². The highest BCUT2D eigenvalue weighted by Crippen LogP contribution is 2.31. The molecular weight excluding hydrogens is 689 g/mol. The van der Waals surface area contributed by atoms with Crippen LogP contribution in [0.5, 0.6) is 0 Å². The van der Waals surface area contributed by atoms with Gasteiger partial charge in [0.1, 0.15) is 12.1 Å². The third-order valence-corrected chi connectivity index (χ3v) is 9.93. The van der Waals surface area contributed by atoms with Gasteiger partial charge in [0.25, 0.3) is 0 Å². The van der Waals surface area contributed by atoms with Crippen LogP contribution in [0, 0.1) is 0 Å². The minimum absolute atomic E-state index is 0.0235. The number of nitrogens with zero attached hydrogens (tertiary/aromatic N) is 5. The molecule has 0 saturated carbocycles. The Labute approximate surface area is 327 Å². The summed E-state index contributed by atoms with van der Waals surface area (Å²) in [6.45, 7) is 12.1. The van der Waals surface area contributed by atoms with Crippen molar-refractivity contribution in [3.05, 3.63) is 144 Å². The number of hydrogen-bond donors (Lipinski definition) is 1. The molecule has 2 aliphatic heterocycles. The van der Waals surface area contributed by atoms with E-state index in [0.717, 1.165) is 39.3 Å². The molecule has 2 aliphatic rings. The van der Waals surface area contributed by atoms with Crippen LogP contribution < -0.4 is 5.32 Å². The third-order valence-electron chi connectivity index (χ3n) is 9.93. The second kappa shape index (κ2) is 20.0. The average molecular weight is 747 g/mol. The van der Waals surface area contributed by atoms with E-state index < -0.39 is 11.7 Å². The zero-order chi connectivity index (χ0) is 39.2. The van der Waals surface area contributed by atoms with E-state index in [1.807, 2.05) is 49.8 Å². The van der Waals surface area contributed by atoms with Crippen LogP contribution in [-0.4, -0.2) is 128 Å². The number of nitrogens with one attached hydrogen (secondary N) is 1. The van der Waals surface area contributed by atoms with Crippen molar-refractivity contribution in [1.29, 1.82) is 0 Å². The van der Waals surface area contributed by atoms with Gasteiger partial charge in [-0.1, -0.05) is 121 Å². The summed E-state index contributed by atoms with van der Waals surface area (Å²) in [5.74, 6) is 0.136. The van der Waals surface area contributed by atoms with Crippen LogP contribution in [0.1, 0.15) is 55.1 Å². The molecule has 0 bridgehead atoms. The molecule has 3 amide bonds. The summed E-state index contributed by atoms with van der Waals surface area (Å²) in [6, 6.07) is 42.6. The lowest BCUT2D eigenvalue weighted by atomic mass is 9.96. The number of ether oxygens (including phenoxy) is 1. The highest BCUT2D eigenvalue weighted by molar-refractivity contribution is 5.82. The summed E-state index contributed by atoms with van der Waals surface area (Å²) in [7, 11) is 3.41. The average Bonchev–Trinajstić information content (AvgIpc) is 3.20. The predicted molar refractivity (Wildman–Crippen MR) is 219 cm³/mol. The topological polar surface area (TPSA) is 88.7 Å². The van der Waals surface area contributed by atoms with E-state index in [2.05, 4.69) is 124 Å². The number of carbonyl (C=O) groups excluding carboxylic acids is 3. The maximum atomic E-state index is 12.8. The highest BCUT2D eigenvalue weighted by atomic mass is 16.6. The van der Waals surface area contributed by atoms with Crippen molar-refractivity contribution >= 4 is 17.9 Å². The van der Waals surface area contributed by atoms with Gasteiger partial charge in [0.2, 0.25) is 11.8 Å². The van der Waals surface area contributed by atoms with Gasteiger partial charge in [-0.15, -0.1) is 0 Å². The minimum Gasteiger partial charge on any atom is -0.444 e. The van der Waals surface area contributed by atoms with E-state index in [0.29, 0.717) is 19.6 Å². The van der Waals surface area contributed by atoms with E-state index in [4.69, 9.17) is 4.74 Å². The summed E-state index contributed by atoms with van der Waals surface area (Å²) in [6.07, 6.45) is -0.479. The van der Waals surface area contributed by atoms with E-state index in [9.17, 15) is 14.4 Å². The fourth-order valence-corrected chi connectivity index (χ4v) is 7.20. The maximum absolute atomic E-state index is 12.8. The molecule has 0 spiro atoms. The number of carbonyl (C=O) groups is 3. The Morgan fingerprint density at radius 1 is 0.582 bits per heavy atom. The molecule has 55 heavy (non-hydrogen) atoms. The normalized spacial score (nSPS) is 15.3. The summed E-state index contributed by atoms with van der Waals surface area (Å²) < 4.78 is 5.34. The molecule has 0 atom stereocenters. The van der Waals surface area contributed by atoms with Crippen molar-refractivity contribution in [2.24, 2.45) is 0 Å². The van der Waals surface area contributed by atoms with Crippen LogP contribution in [0.15, 0.2) is 121 Å². The SMILES string of the molecule is CN(CC(=O)N1CCN(C(c2ccccc2)c2ccccc2)CC1)C(=O)OC(C)(C)C.CNCC(=O)N1CCN(C(c2ccccc2)c2ccccc2)CC1. The first-order valence-electron chi connectivity index (χ1n) is 19.4. The number of piperazine rings is 2. The largest absolute Gasteiger partial charge is 0.444 e. The molecule has 2 fully saturated rings. The Balaban J connectivity index is 0.000000218. The zero-order valence-corrected chi connectivity index (χ0v) is 33.1. The molecule has 0 aliphatic carbocycles. The molecule has 1 N–H and O–H groups in total. The van der Waals surface area contributed by atoms with Crippen LogP contribution in [-0.2, 0) is 14.3 Å². The Morgan fingerprint density at radius 2 is 0.909 bits per heavy atom. The molecule has 2 saturated heterocycles. The number of amides is 3. The van der Waals surface area contributed by atoms with Crippen molar-refractivity contribution in [3.63, 3.8) is 0 Å². The van der Waals surface area contributed by atoms with Gasteiger partial charge in [-0.2, -0.15) is 0 Å². The molecule has 10 heteroatoms. The van der Waals surface area contributed by atoms with Gasteiger partial charge in [0, 0.05) is 59.4 Å². The first-order valence-corrected chi connectivity index (χ1v) is 19.4. The molecule has 0 aromatic heterocycles. The third kappa shape index (κ3) is 12.0. The molecule has 0 radical (unpaired) electrons. The molecule has 4 aromatic carbocycles. The molecular formula is C45H58N6O4. The van der Waals surface area contributed by atoms with Crippen LogP contribution >= 0.6 is 0 Å². The van der Waals surface area contributed by atoms with Crippen molar-refractivity contribution < 1.29 is 19.1 Å². The second-order valence-electron chi connectivity index (χ2n) is 15.1. The zero-order valence-electron chi connectivity index (χ0n) is 33.1. The van der Waals surface area contributed by atoms with Gasteiger partial charge in [0.05, 0.1) is 18.6 Å². The quantitative estimate of drug-likeness (QED) is 0.216. The van der Waals surface area contributed by atoms with Gasteiger partial charge in [-0.3, -0.25) is 19.4 Å². The van der Waals surface area contributed by atoms with Crippen molar-refractivity contribution in [3.8, 4) is 0 Å². The number of likely N-dealkylation sites (N-methyl/N-ethyl adjacent to an activating group) is 2. The first-order chi connectivity index (χ1) is 26.5. The van der Waals surface area contributed by atoms with E-state index in [1.54, 1.807) is 7.05 Å². The fourth-order valence-electron chi connectivity index (χ4n) is 7.20. The highest BCUT2D eigenvalue weighted by Gasteiger charge is 2.30. The minimum atomic E-state index is -0.579. The fraction of sp³-hybridized carbons (Fsp3) is 0.400. The standard InChI is InChI=1S/C25H33N3O3.C20H25N3O/c1-25(2,3)31-24(30)26(4)19-22(29)27-15-17-28(18-16-27)23(20-11-7-5-8-12-20)21-13-9-6-10-14-21;1-21-16-19(24)22-12-14-23(15-13-22)20(17-8-4-2-5-9-17)18-10-6-3-7-11-18/h5-14,23H,15-19H2,1-4H3;2-11,20-21H,12-16H2,1H3. The number of hydrogen-bond acceptors (Lipinski definition) is 7. The van der Waals surface area contributed by atoms with Crippen molar-refractivity contribution in [2.75, 3.05) is 79.5 Å². The van der Waals surface area contributed by atoms with Crippen LogP contribution in [0.25, 0.3) is 0 Å². The molecule has 0 unspecified atom stereocenters. The predicted octanol–water partition coefficient (Wildman–Crippen LogP) is 5.93. The molecule has 2 heterocycles. The first kappa shape index (κ1) is 41.1. The molecule has 292 valence electrons. The van der Waals surface area contributed by atoms with Crippen LogP contribution in [0.4, 0.5) is 4.79 Å². The Kier molecular flexibility index (Phi) is 15.0. The number of benzene rings is 4. The number of rotatable bonds is 10. The molecule has 4 aromatic rings. The summed E-state index contributed by atoms with van der Waals surface area (Å²) in [5.41, 5.74) is 4.53. The monoisotopic (exact) mass is 746 g/mol. The van der Waals surface area contributed by atoms with Crippen molar-refractivity contribution in [2.45, 2.75) is 38.5 Å². The lowest BCUT2D eigenvalue weighted by Gasteiger charge is -2.40. The molecule has 10 nitrogen and oxygen atoms in total. The van der Waals surface area contributed by atoms with Gasteiger partial charge >= 0.3 is 6.09 Å². The van der Waals surface area contributed by atoms with Crippen molar-refractivity contribution in [1.82, 2.24) is 29.8 Å².